The third kappa shape index (κ3) is 26.1. The van der Waals surface area contributed by atoms with Crippen molar-refractivity contribution >= 4 is 11.6 Å². The monoisotopic (exact) mass is 262 g/mol. The molecule has 0 aliphatic carbocycles. The summed E-state index contributed by atoms with van der Waals surface area (Å²) in [5.41, 5.74) is 0. The summed E-state index contributed by atoms with van der Waals surface area (Å²) >= 11 is 5.38. The third-order valence-electron chi connectivity index (χ3n) is 2.94. The van der Waals surface area contributed by atoms with Gasteiger partial charge in [0, 0.05) is 5.88 Å². The van der Waals surface area contributed by atoms with Crippen molar-refractivity contribution in [3.05, 3.63) is 0 Å². The highest BCUT2D eigenvalue weighted by Gasteiger charge is 1.89. The first-order valence-electron chi connectivity index (χ1n) is 7.89. The highest BCUT2D eigenvalue weighted by atomic mass is 35.5. The fraction of sp³-hybridized carbons (Fsp3) is 1.00. The Bertz CT molecular complexity index is 89.7. The van der Waals surface area contributed by atoms with Crippen molar-refractivity contribution in [3.8, 4) is 0 Å². The van der Waals surface area contributed by atoms with E-state index in [0.29, 0.717) is 0 Å². The fourth-order valence-corrected chi connectivity index (χ4v) is 1.92. The maximum atomic E-state index is 5.38. The maximum absolute atomic E-state index is 5.38. The summed E-state index contributed by atoms with van der Waals surface area (Å²) in [5.74, 6) is 0.827. The molecule has 0 bridgehead atoms. The molecule has 0 fully saturated rings. The van der Waals surface area contributed by atoms with E-state index in [4.69, 9.17) is 11.6 Å². The molecule has 106 valence electrons. The van der Waals surface area contributed by atoms with Crippen molar-refractivity contribution in [1.82, 2.24) is 0 Å². The normalized spacial score (nSPS) is 9.88. The molecule has 0 saturated carbocycles. The molecule has 0 aromatic rings. The molecule has 1 heteroatoms. The van der Waals surface area contributed by atoms with Gasteiger partial charge in [0.25, 0.3) is 0 Å². The standard InChI is InChI=1S/C11H24.C5H11Cl/c1-3-5-7-9-11-10-8-6-4-2;1-2-3-4-5-6/h3-11H2,1-2H3;2-5H2,1H3. The van der Waals surface area contributed by atoms with E-state index in [-0.39, 0.29) is 0 Å². The lowest BCUT2D eigenvalue weighted by Crippen LogP contribution is -1.79. The van der Waals surface area contributed by atoms with Crippen LogP contribution in [0.2, 0.25) is 0 Å². The van der Waals surface area contributed by atoms with E-state index < -0.39 is 0 Å². The Hall–Kier alpha value is 0.290. The predicted molar refractivity (Wildman–Crippen MR) is 83.1 cm³/mol. The molecule has 0 N–H and O–H groups in total. The van der Waals surface area contributed by atoms with Gasteiger partial charge in [-0.2, -0.15) is 0 Å². The van der Waals surface area contributed by atoms with Gasteiger partial charge in [0.2, 0.25) is 0 Å². The highest BCUT2D eigenvalue weighted by molar-refractivity contribution is 6.17. The molecule has 0 unspecified atom stereocenters. The minimum absolute atomic E-state index is 0.827. The van der Waals surface area contributed by atoms with Crippen molar-refractivity contribution < 1.29 is 0 Å². The van der Waals surface area contributed by atoms with E-state index in [1.54, 1.807) is 0 Å². The van der Waals surface area contributed by atoms with Crippen LogP contribution in [0.15, 0.2) is 0 Å². The summed E-state index contributed by atoms with van der Waals surface area (Å²) < 4.78 is 0. The third-order valence-corrected chi connectivity index (χ3v) is 3.21. The molecular formula is C16H35Cl. The SMILES string of the molecule is CCCCCCCCCCC.CCCCCCl. The van der Waals surface area contributed by atoms with Crippen molar-refractivity contribution in [3.63, 3.8) is 0 Å². The number of hydrogen-bond donors (Lipinski definition) is 0. The lowest BCUT2D eigenvalue weighted by Gasteiger charge is -1.98. The second kappa shape index (κ2) is 21.6. The molecule has 0 rings (SSSR count). The van der Waals surface area contributed by atoms with Crippen LogP contribution < -0.4 is 0 Å². The number of halogens is 1. The Morgan fingerprint density at radius 1 is 0.471 bits per heavy atom. The van der Waals surface area contributed by atoms with Gasteiger partial charge in [-0.15, -0.1) is 11.6 Å². The smallest absolute Gasteiger partial charge is 0.0223 e. The molecule has 0 atom stereocenters. The zero-order valence-corrected chi connectivity index (χ0v) is 13.3. The molecule has 0 aliphatic rings. The van der Waals surface area contributed by atoms with Gasteiger partial charge in [0.05, 0.1) is 0 Å². The quantitative estimate of drug-likeness (QED) is 0.279. The van der Waals surface area contributed by atoms with Gasteiger partial charge in [0.15, 0.2) is 0 Å². The van der Waals surface area contributed by atoms with Crippen LogP contribution in [0.3, 0.4) is 0 Å². The lowest BCUT2D eigenvalue weighted by molar-refractivity contribution is 0.572. The van der Waals surface area contributed by atoms with E-state index >= 15 is 0 Å². The molecule has 0 aliphatic heterocycles. The van der Waals surface area contributed by atoms with Crippen LogP contribution in [0.25, 0.3) is 0 Å². The van der Waals surface area contributed by atoms with E-state index in [1.165, 1.54) is 77.0 Å². The molecule has 0 saturated heterocycles. The zero-order chi connectivity index (χ0) is 13.2. The van der Waals surface area contributed by atoms with Gasteiger partial charge in [0.1, 0.15) is 0 Å². The Morgan fingerprint density at radius 2 is 0.765 bits per heavy atom. The van der Waals surface area contributed by atoms with Gasteiger partial charge in [-0.1, -0.05) is 91.4 Å². The van der Waals surface area contributed by atoms with Crippen LogP contribution in [0.5, 0.6) is 0 Å². The fourth-order valence-electron chi connectivity index (χ4n) is 1.73. The van der Waals surface area contributed by atoms with Gasteiger partial charge in [-0.05, 0) is 6.42 Å². The van der Waals surface area contributed by atoms with Crippen molar-refractivity contribution in [2.75, 3.05) is 5.88 Å². The highest BCUT2D eigenvalue weighted by Crippen LogP contribution is 2.08. The molecule has 0 radical (unpaired) electrons. The molecule has 0 spiro atoms. The number of hydrogen-bond acceptors (Lipinski definition) is 0. The topological polar surface area (TPSA) is 0 Å². The molecular weight excluding hydrogens is 228 g/mol. The Morgan fingerprint density at radius 3 is 1.00 bits per heavy atom. The zero-order valence-electron chi connectivity index (χ0n) is 12.6. The average Bonchev–Trinajstić information content (AvgIpc) is 2.36. The Balaban J connectivity index is 0. The van der Waals surface area contributed by atoms with Gasteiger partial charge >= 0.3 is 0 Å². The second-order valence-corrected chi connectivity index (χ2v) is 5.25. The van der Waals surface area contributed by atoms with Crippen LogP contribution in [-0.4, -0.2) is 5.88 Å². The average molecular weight is 263 g/mol. The van der Waals surface area contributed by atoms with Crippen LogP contribution in [0.4, 0.5) is 0 Å². The summed E-state index contributed by atoms with van der Waals surface area (Å²) in [4.78, 5) is 0. The first-order chi connectivity index (χ1) is 8.33. The van der Waals surface area contributed by atoms with Crippen molar-refractivity contribution in [2.45, 2.75) is 97.8 Å². The minimum atomic E-state index is 0.827. The maximum Gasteiger partial charge on any atom is 0.0223 e. The van der Waals surface area contributed by atoms with Crippen LogP contribution in [-0.2, 0) is 0 Å². The number of alkyl halides is 1. The molecule has 0 nitrogen and oxygen atoms in total. The van der Waals surface area contributed by atoms with Gasteiger partial charge in [-0.25, -0.2) is 0 Å². The van der Waals surface area contributed by atoms with Crippen LogP contribution in [0, 0.1) is 0 Å². The molecule has 0 heterocycles. The second-order valence-electron chi connectivity index (χ2n) is 4.87. The molecule has 0 aromatic carbocycles. The summed E-state index contributed by atoms with van der Waals surface area (Å²) in [6.07, 6.45) is 16.7. The molecule has 0 aromatic heterocycles. The van der Waals surface area contributed by atoms with E-state index in [2.05, 4.69) is 20.8 Å². The largest absolute Gasteiger partial charge is 0.127 e. The minimum Gasteiger partial charge on any atom is -0.127 e. The van der Waals surface area contributed by atoms with Gasteiger partial charge < -0.3 is 0 Å². The number of unbranched alkanes of at least 4 members (excludes halogenated alkanes) is 10. The van der Waals surface area contributed by atoms with Crippen molar-refractivity contribution in [2.24, 2.45) is 0 Å². The first-order valence-corrected chi connectivity index (χ1v) is 8.42. The number of rotatable bonds is 11. The lowest BCUT2D eigenvalue weighted by atomic mass is 10.1. The molecule has 17 heavy (non-hydrogen) atoms. The first kappa shape index (κ1) is 19.6. The van der Waals surface area contributed by atoms with Crippen LogP contribution in [0.1, 0.15) is 97.8 Å². The summed E-state index contributed by atoms with van der Waals surface area (Å²) in [5, 5.41) is 0. The Labute approximate surface area is 116 Å². The van der Waals surface area contributed by atoms with E-state index in [0.717, 1.165) is 5.88 Å². The van der Waals surface area contributed by atoms with Gasteiger partial charge in [-0.3, -0.25) is 0 Å². The summed E-state index contributed by atoms with van der Waals surface area (Å²) in [6.45, 7) is 6.72. The summed E-state index contributed by atoms with van der Waals surface area (Å²) in [6, 6.07) is 0. The van der Waals surface area contributed by atoms with E-state index in [1.807, 2.05) is 0 Å². The summed E-state index contributed by atoms with van der Waals surface area (Å²) in [7, 11) is 0. The van der Waals surface area contributed by atoms with Crippen molar-refractivity contribution in [1.29, 1.82) is 0 Å². The van der Waals surface area contributed by atoms with Crippen LogP contribution >= 0.6 is 11.6 Å². The molecule has 0 amide bonds. The predicted octanol–water partition coefficient (Wildman–Crippen LogP) is 6.95. The Kier molecular flexibility index (Phi) is 24.9. The van der Waals surface area contributed by atoms with E-state index in [9.17, 15) is 0 Å².